The first-order valence-corrected chi connectivity index (χ1v) is 7.79. The van der Waals surface area contributed by atoms with Gasteiger partial charge in [-0.15, -0.1) is 11.6 Å². The second kappa shape index (κ2) is 6.71. The van der Waals surface area contributed by atoms with E-state index in [-0.39, 0.29) is 17.5 Å². The van der Waals surface area contributed by atoms with Gasteiger partial charge in [0.15, 0.2) is 0 Å². The molecule has 2 nitrogen and oxygen atoms in total. The van der Waals surface area contributed by atoms with Crippen LogP contribution in [0.4, 0.5) is 4.39 Å². The zero-order valence-corrected chi connectivity index (χ0v) is 12.9. The van der Waals surface area contributed by atoms with E-state index in [2.05, 4.69) is 15.9 Å². The molecule has 104 valence electrons. The van der Waals surface area contributed by atoms with Gasteiger partial charge in [0, 0.05) is 22.9 Å². The van der Waals surface area contributed by atoms with Gasteiger partial charge in [-0.3, -0.25) is 4.79 Å². The minimum atomic E-state index is -0.470. The van der Waals surface area contributed by atoms with Gasteiger partial charge < -0.3 is 4.90 Å². The summed E-state index contributed by atoms with van der Waals surface area (Å²) < 4.78 is 14.3. The van der Waals surface area contributed by atoms with Crippen molar-refractivity contribution in [2.75, 3.05) is 12.4 Å². The highest BCUT2D eigenvalue weighted by molar-refractivity contribution is 9.10. The smallest absolute Gasteiger partial charge is 0.258 e. The van der Waals surface area contributed by atoms with Gasteiger partial charge in [-0.2, -0.15) is 0 Å². The highest BCUT2D eigenvalue weighted by atomic mass is 79.9. The van der Waals surface area contributed by atoms with Gasteiger partial charge in [-0.1, -0.05) is 6.07 Å². The van der Waals surface area contributed by atoms with Crippen molar-refractivity contribution in [1.29, 1.82) is 0 Å². The molecule has 0 N–H and O–H groups in total. The zero-order valence-electron chi connectivity index (χ0n) is 10.5. The zero-order chi connectivity index (χ0) is 13.8. The second-order valence-electron chi connectivity index (χ2n) is 4.72. The Morgan fingerprint density at radius 1 is 1.53 bits per heavy atom. The minimum Gasteiger partial charge on any atom is -0.336 e. The van der Waals surface area contributed by atoms with Gasteiger partial charge in [0.1, 0.15) is 5.82 Å². The lowest BCUT2D eigenvalue weighted by molar-refractivity contribution is 0.0724. The summed E-state index contributed by atoms with van der Waals surface area (Å²) in [6, 6.07) is 4.80. The molecule has 1 amide bonds. The molecule has 0 spiro atoms. The summed E-state index contributed by atoms with van der Waals surface area (Å²) in [5, 5.41) is 0. The highest BCUT2D eigenvalue weighted by Crippen LogP contribution is 2.27. The summed E-state index contributed by atoms with van der Waals surface area (Å²) in [7, 11) is 0. The van der Waals surface area contributed by atoms with E-state index in [1.54, 1.807) is 17.0 Å². The predicted octanol–water partition coefficient (Wildman–Crippen LogP) is 4.21. The molecule has 0 bridgehead atoms. The van der Waals surface area contributed by atoms with E-state index in [1.165, 1.54) is 6.07 Å². The number of nitrogens with zero attached hydrogens (tertiary/aromatic N) is 1. The molecule has 5 heteroatoms. The number of rotatable bonds is 4. The largest absolute Gasteiger partial charge is 0.336 e. The fourth-order valence-electron chi connectivity index (χ4n) is 2.56. The number of likely N-dealkylation sites (tertiary alicyclic amines) is 1. The Labute approximate surface area is 126 Å². The number of carbonyl (C=O) groups is 1. The normalized spacial score (nSPS) is 18.9. The molecular weight excluding hydrogens is 333 g/mol. The number of carbonyl (C=O) groups excluding carboxylic acids is 1. The topological polar surface area (TPSA) is 20.3 Å². The van der Waals surface area contributed by atoms with Crippen LogP contribution in [0.1, 0.15) is 36.0 Å². The van der Waals surface area contributed by atoms with Crippen LogP contribution in [0, 0.1) is 5.82 Å². The number of hydrogen-bond donors (Lipinski definition) is 0. The summed E-state index contributed by atoms with van der Waals surface area (Å²) in [5.41, 5.74) is 0.139. The van der Waals surface area contributed by atoms with E-state index in [0.717, 1.165) is 25.7 Å². The van der Waals surface area contributed by atoms with Crippen molar-refractivity contribution < 1.29 is 9.18 Å². The third kappa shape index (κ3) is 3.29. The summed E-state index contributed by atoms with van der Waals surface area (Å²) >= 11 is 8.96. The SMILES string of the molecule is O=C(c1c(F)cccc1Br)N1CCCC1CCCCl. The molecule has 1 atom stereocenters. The molecule has 1 unspecified atom stereocenters. The summed E-state index contributed by atoms with van der Waals surface area (Å²) in [6.45, 7) is 0.701. The molecule has 0 saturated carbocycles. The van der Waals surface area contributed by atoms with Crippen molar-refractivity contribution in [1.82, 2.24) is 4.90 Å². The number of halogens is 3. The molecule has 1 saturated heterocycles. The highest BCUT2D eigenvalue weighted by Gasteiger charge is 2.31. The molecule has 0 aliphatic carbocycles. The molecule has 19 heavy (non-hydrogen) atoms. The van der Waals surface area contributed by atoms with Crippen LogP contribution in [0.25, 0.3) is 0 Å². The van der Waals surface area contributed by atoms with Crippen LogP contribution in [0.2, 0.25) is 0 Å². The van der Waals surface area contributed by atoms with Crippen molar-refractivity contribution in [3.8, 4) is 0 Å². The monoisotopic (exact) mass is 347 g/mol. The first kappa shape index (κ1) is 14.8. The summed E-state index contributed by atoms with van der Waals surface area (Å²) in [4.78, 5) is 14.3. The van der Waals surface area contributed by atoms with Crippen LogP contribution in [0.15, 0.2) is 22.7 Å². The maximum absolute atomic E-state index is 13.8. The molecular formula is C14H16BrClFNO. The van der Waals surface area contributed by atoms with Gasteiger partial charge in [0.2, 0.25) is 0 Å². The first-order chi connectivity index (χ1) is 9.15. The lowest BCUT2D eigenvalue weighted by Gasteiger charge is -2.25. The van der Waals surface area contributed by atoms with Crippen LogP contribution < -0.4 is 0 Å². The van der Waals surface area contributed by atoms with Crippen LogP contribution >= 0.6 is 27.5 Å². The maximum Gasteiger partial charge on any atom is 0.258 e. The maximum atomic E-state index is 13.8. The molecule has 0 aromatic heterocycles. The third-order valence-corrected chi connectivity index (χ3v) is 4.41. The third-order valence-electron chi connectivity index (χ3n) is 3.49. The van der Waals surface area contributed by atoms with E-state index in [4.69, 9.17) is 11.6 Å². The van der Waals surface area contributed by atoms with Crippen molar-refractivity contribution in [2.45, 2.75) is 31.7 Å². The number of benzene rings is 1. The summed E-state index contributed by atoms with van der Waals surface area (Å²) in [6.07, 6.45) is 3.73. The second-order valence-corrected chi connectivity index (χ2v) is 5.95. The fraction of sp³-hybridized carbons (Fsp3) is 0.500. The Balaban J connectivity index is 2.18. The Morgan fingerprint density at radius 3 is 3.00 bits per heavy atom. The molecule has 1 heterocycles. The Kier molecular flexibility index (Phi) is 5.22. The lowest BCUT2D eigenvalue weighted by atomic mass is 10.1. The van der Waals surface area contributed by atoms with Crippen LogP contribution in [0.3, 0.4) is 0 Å². The molecule has 1 fully saturated rings. The van der Waals surface area contributed by atoms with E-state index in [9.17, 15) is 9.18 Å². The Morgan fingerprint density at radius 2 is 2.32 bits per heavy atom. The van der Waals surface area contributed by atoms with Crippen molar-refractivity contribution in [3.05, 3.63) is 34.1 Å². The van der Waals surface area contributed by atoms with Crippen LogP contribution in [-0.4, -0.2) is 29.3 Å². The first-order valence-electron chi connectivity index (χ1n) is 6.46. The molecule has 1 aromatic rings. The standard InChI is InChI=1S/C14H16BrClFNO/c15-11-6-1-7-12(17)13(11)14(19)18-9-3-5-10(18)4-2-8-16/h1,6-7,10H,2-5,8-9H2. The molecule has 1 aliphatic heterocycles. The number of alkyl halides is 1. The van der Waals surface area contributed by atoms with E-state index in [1.807, 2.05) is 0 Å². The van der Waals surface area contributed by atoms with Gasteiger partial charge in [0.25, 0.3) is 5.91 Å². The molecule has 1 aliphatic rings. The summed E-state index contributed by atoms with van der Waals surface area (Å²) in [5.74, 6) is -0.0912. The molecule has 2 rings (SSSR count). The molecule has 1 aromatic carbocycles. The lowest BCUT2D eigenvalue weighted by Crippen LogP contribution is -2.36. The average Bonchev–Trinajstić information content (AvgIpc) is 2.84. The number of hydrogen-bond acceptors (Lipinski definition) is 1. The van der Waals surface area contributed by atoms with Crippen LogP contribution in [0.5, 0.6) is 0 Å². The molecule has 0 radical (unpaired) electrons. The van der Waals surface area contributed by atoms with Crippen LogP contribution in [-0.2, 0) is 0 Å². The van der Waals surface area contributed by atoms with Gasteiger partial charge >= 0.3 is 0 Å². The Hall–Kier alpha value is -0.610. The minimum absolute atomic E-state index is 0.139. The fourth-order valence-corrected chi connectivity index (χ4v) is 3.23. The number of amides is 1. The van der Waals surface area contributed by atoms with E-state index in [0.29, 0.717) is 16.9 Å². The van der Waals surface area contributed by atoms with Gasteiger partial charge in [-0.25, -0.2) is 4.39 Å². The van der Waals surface area contributed by atoms with Crippen molar-refractivity contribution in [2.24, 2.45) is 0 Å². The van der Waals surface area contributed by atoms with Gasteiger partial charge in [0.05, 0.1) is 5.56 Å². The Bertz CT molecular complexity index is 449. The van der Waals surface area contributed by atoms with E-state index < -0.39 is 5.82 Å². The van der Waals surface area contributed by atoms with Crippen molar-refractivity contribution in [3.63, 3.8) is 0 Å². The van der Waals surface area contributed by atoms with E-state index >= 15 is 0 Å². The van der Waals surface area contributed by atoms with Gasteiger partial charge in [-0.05, 0) is 53.7 Å². The van der Waals surface area contributed by atoms with Crippen molar-refractivity contribution >= 4 is 33.4 Å². The predicted molar refractivity (Wildman–Crippen MR) is 78.1 cm³/mol. The quantitative estimate of drug-likeness (QED) is 0.746. The average molecular weight is 349 g/mol.